The van der Waals surface area contributed by atoms with Crippen LogP contribution in [0, 0.1) is 11.3 Å². The van der Waals surface area contributed by atoms with Crippen LogP contribution in [-0.2, 0) is 13.0 Å². The van der Waals surface area contributed by atoms with Crippen molar-refractivity contribution in [2.24, 2.45) is 11.3 Å². The fourth-order valence-corrected chi connectivity index (χ4v) is 4.56. The molecule has 4 rings (SSSR count). The van der Waals surface area contributed by atoms with Gasteiger partial charge >= 0.3 is 0 Å². The molecule has 0 bridgehead atoms. The normalized spacial score (nSPS) is 24.7. The lowest BCUT2D eigenvalue weighted by Gasteiger charge is -2.28. The second-order valence-electron chi connectivity index (χ2n) is 7.33. The lowest BCUT2D eigenvalue weighted by Crippen LogP contribution is -2.34. The maximum atomic E-state index is 5.95. The van der Waals surface area contributed by atoms with E-state index >= 15 is 0 Å². The summed E-state index contributed by atoms with van der Waals surface area (Å²) in [4.78, 5) is 2.62. The molecule has 1 aromatic heterocycles. The molecule has 2 atom stereocenters. The van der Waals surface area contributed by atoms with Crippen LogP contribution in [0.4, 0.5) is 0 Å². The second kappa shape index (κ2) is 9.43. The molecule has 2 fully saturated rings. The van der Waals surface area contributed by atoms with Crippen LogP contribution in [0.3, 0.4) is 0 Å². The number of benzene rings is 1. The van der Waals surface area contributed by atoms with Gasteiger partial charge in [-0.1, -0.05) is 41.9 Å². The zero-order valence-electron chi connectivity index (χ0n) is 14.8. The van der Waals surface area contributed by atoms with E-state index in [1.807, 2.05) is 10.9 Å². The highest BCUT2D eigenvalue weighted by Crippen LogP contribution is 2.42. The lowest BCUT2D eigenvalue weighted by molar-refractivity contribution is 0.235. The lowest BCUT2D eigenvalue weighted by atomic mass is 9.76. The van der Waals surface area contributed by atoms with E-state index in [-0.39, 0.29) is 24.8 Å². The highest BCUT2D eigenvalue weighted by atomic mass is 35.5. The van der Waals surface area contributed by atoms with Crippen LogP contribution in [0.1, 0.15) is 12.0 Å². The first-order valence-electron chi connectivity index (χ1n) is 8.88. The van der Waals surface area contributed by atoms with Crippen LogP contribution in [0.5, 0.6) is 0 Å². The number of rotatable bonds is 6. The third kappa shape index (κ3) is 4.73. The monoisotopic (exact) mass is 416 g/mol. The highest BCUT2D eigenvalue weighted by molar-refractivity contribution is 6.30. The summed E-state index contributed by atoms with van der Waals surface area (Å²) in [5.74, 6) is 0.780. The van der Waals surface area contributed by atoms with Gasteiger partial charge in [0, 0.05) is 37.8 Å². The number of fused-ring (bicyclic) bond motifs is 1. The average Bonchev–Trinajstić information content (AvgIpc) is 3.26. The summed E-state index contributed by atoms with van der Waals surface area (Å²) >= 11 is 5.95. The first-order valence-corrected chi connectivity index (χ1v) is 9.26. The second-order valence-corrected chi connectivity index (χ2v) is 7.77. The van der Waals surface area contributed by atoms with Crippen LogP contribution in [0.25, 0.3) is 0 Å². The third-order valence-corrected chi connectivity index (χ3v) is 5.95. The van der Waals surface area contributed by atoms with Crippen LogP contribution in [0.15, 0.2) is 42.7 Å². The van der Waals surface area contributed by atoms with E-state index < -0.39 is 0 Å². The van der Waals surface area contributed by atoms with Crippen molar-refractivity contribution in [3.8, 4) is 0 Å². The molecule has 2 unspecified atom stereocenters. The predicted molar refractivity (Wildman–Crippen MR) is 112 cm³/mol. The summed E-state index contributed by atoms with van der Waals surface area (Å²) in [6.45, 7) is 6.71. The van der Waals surface area contributed by atoms with E-state index in [0.29, 0.717) is 5.41 Å². The molecule has 2 aliphatic heterocycles. The Bertz CT molecular complexity index is 678. The fourth-order valence-electron chi connectivity index (χ4n) is 4.41. The molecule has 144 valence electrons. The van der Waals surface area contributed by atoms with E-state index in [1.54, 1.807) is 6.20 Å². The number of halogens is 3. The Kier molecular flexibility index (Phi) is 7.80. The minimum absolute atomic E-state index is 0. The molecule has 0 spiro atoms. The molecule has 4 nitrogen and oxygen atoms in total. The summed E-state index contributed by atoms with van der Waals surface area (Å²) < 4.78 is 1.95. The number of aryl methyl sites for hydroxylation is 1. The van der Waals surface area contributed by atoms with Crippen LogP contribution in [-0.4, -0.2) is 47.4 Å². The van der Waals surface area contributed by atoms with Crippen molar-refractivity contribution in [2.45, 2.75) is 19.4 Å². The highest BCUT2D eigenvalue weighted by Gasteiger charge is 2.48. The van der Waals surface area contributed by atoms with Gasteiger partial charge in [-0.15, -0.1) is 24.8 Å². The molecular formula is C19H27Cl3N4. The first kappa shape index (κ1) is 21.5. The SMILES string of the molecule is Cl.Cl.Clc1cnn(CCN2CC3CNCC3(CCc3ccccc3)C2)c1. The number of likely N-dealkylation sites (tertiary alicyclic amines) is 1. The summed E-state index contributed by atoms with van der Waals surface area (Å²) in [5, 5.41) is 8.64. The molecule has 2 aromatic rings. The number of nitrogens with zero attached hydrogens (tertiary/aromatic N) is 3. The van der Waals surface area contributed by atoms with E-state index in [1.165, 1.54) is 38.0 Å². The predicted octanol–water partition coefficient (Wildman–Crippen LogP) is 3.53. The molecule has 0 saturated carbocycles. The van der Waals surface area contributed by atoms with E-state index in [0.717, 1.165) is 30.6 Å². The summed E-state index contributed by atoms with van der Waals surface area (Å²) in [5.41, 5.74) is 1.90. The number of hydrogen-bond acceptors (Lipinski definition) is 3. The Morgan fingerprint density at radius 2 is 2.00 bits per heavy atom. The quantitative estimate of drug-likeness (QED) is 0.780. The Labute approximate surface area is 173 Å². The van der Waals surface area contributed by atoms with Crippen LogP contribution in [0.2, 0.25) is 5.02 Å². The molecule has 7 heteroatoms. The Morgan fingerprint density at radius 1 is 1.19 bits per heavy atom. The Hall–Kier alpha value is -0.780. The molecule has 2 aliphatic rings. The molecule has 26 heavy (non-hydrogen) atoms. The Balaban J connectivity index is 0.00000121. The largest absolute Gasteiger partial charge is 0.316 e. The molecule has 0 aliphatic carbocycles. The van der Waals surface area contributed by atoms with Crippen molar-refractivity contribution in [3.05, 3.63) is 53.3 Å². The summed E-state index contributed by atoms with van der Waals surface area (Å²) in [6, 6.07) is 10.9. The van der Waals surface area contributed by atoms with Crippen molar-refractivity contribution in [3.63, 3.8) is 0 Å². The average molecular weight is 418 g/mol. The third-order valence-electron chi connectivity index (χ3n) is 5.75. The van der Waals surface area contributed by atoms with Crippen LogP contribution < -0.4 is 5.32 Å². The van der Waals surface area contributed by atoms with Crippen molar-refractivity contribution in [1.82, 2.24) is 20.0 Å². The van der Waals surface area contributed by atoms with Gasteiger partial charge in [0.1, 0.15) is 0 Å². The maximum absolute atomic E-state index is 5.95. The van der Waals surface area contributed by atoms with E-state index in [9.17, 15) is 0 Å². The standard InChI is InChI=1S/C19H25ClN4.2ClH/c20-18-11-22-24(13-18)9-8-23-12-17-10-21-14-19(17,15-23)7-6-16-4-2-1-3-5-16;;/h1-5,11,13,17,21H,6-10,12,14-15H2;2*1H. The number of aromatic nitrogens is 2. The van der Waals surface area contributed by atoms with Crippen molar-refractivity contribution in [1.29, 1.82) is 0 Å². The van der Waals surface area contributed by atoms with Gasteiger partial charge in [0.2, 0.25) is 0 Å². The zero-order chi connectivity index (χ0) is 16.4. The minimum Gasteiger partial charge on any atom is -0.316 e. The van der Waals surface area contributed by atoms with Gasteiger partial charge < -0.3 is 10.2 Å². The topological polar surface area (TPSA) is 33.1 Å². The molecule has 1 aromatic carbocycles. The van der Waals surface area contributed by atoms with Crippen molar-refractivity contribution in [2.75, 3.05) is 32.7 Å². The van der Waals surface area contributed by atoms with Gasteiger partial charge in [0.15, 0.2) is 0 Å². The van der Waals surface area contributed by atoms with Gasteiger partial charge in [-0.05, 0) is 30.9 Å². The minimum atomic E-state index is 0. The Morgan fingerprint density at radius 3 is 2.73 bits per heavy atom. The van der Waals surface area contributed by atoms with Gasteiger partial charge in [0.05, 0.1) is 17.8 Å². The van der Waals surface area contributed by atoms with Crippen molar-refractivity contribution >= 4 is 36.4 Å². The zero-order valence-corrected chi connectivity index (χ0v) is 17.2. The smallest absolute Gasteiger partial charge is 0.0785 e. The van der Waals surface area contributed by atoms with Crippen molar-refractivity contribution < 1.29 is 0 Å². The molecule has 2 saturated heterocycles. The fraction of sp³-hybridized carbons (Fsp3) is 0.526. The molecule has 0 amide bonds. The van der Waals surface area contributed by atoms with E-state index in [2.05, 4.69) is 45.6 Å². The van der Waals surface area contributed by atoms with Gasteiger partial charge in [-0.3, -0.25) is 4.68 Å². The van der Waals surface area contributed by atoms with Gasteiger partial charge in [0.25, 0.3) is 0 Å². The number of nitrogens with one attached hydrogen (secondary N) is 1. The maximum Gasteiger partial charge on any atom is 0.0785 e. The molecular weight excluding hydrogens is 391 g/mol. The summed E-state index contributed by atoms with van der Waals surface area (Å²) in [7, 11) is 0. The van der Waals surface area contributed by atoms with E-state index in [4.69, 9.17) is 11.6 Å². The molecule has 0 radical (unpaired) electrons. The van der Waals surface area contributed by atoms with Crippen LogP contribution >= 0.6 is 36.4 Å². The molecule has 1 N–H and O–H groups in total. The summed E-state index contributed by atoms with van der Waals surface area (Å²) in [6.07, 6.45) is 6.08. The van der Waals surface area contributed by atoms with Gasteiger partial charge in [-0.2, -0.15) is 5.10 Å². The number of hydrogen-bond donors (Lipinski definition) is 1. The van der Waals surface area contributed by atoms with Gasteiger partial charge in [-0.25, -0.2) is 0 Å². The molecule has 3 heterocycles. The first-order chi connectivity index (χ1) is 11.7.